The predicted molar refractivity (Wildman–Crippen MR) is 107 cm³/mol. The maximum atomic E-state index is 12.0. The number of hydrogen-bond donors (Lipinski definition) is 1. The first kappa shape index (κ1) is 20.3. The van der Waals surface area contributed by atoms with Crippen LogP contribution < -0.4 is 15.0 Å². The van der Waals surface area contributed by atoms with E-state index in [0.717, 1.165) is 18.5 Å². The van der Waals surface area contributed by atoms with E-state index in [9.17, 15) is 9.59 Å². The Bertz CT molecular complexity index is 740. The maximum Gasteiger partial charge on any atom is 0.338 e. The second kappa shape index (κ2) is 10.2. The fraction of sp³-hybridized carbons (Fsp3) is 0.333. The Balaban J connectivity index is 1.79. The van der Waals surface area contributed by atoms with Gasteiger partial charge < -0.3 is 19.7 Å². The van der Waals surface area contributed by atoms with Gasteiger partial charge >= 0.3 is 5.97 Å². The summed E-state index contributed by atoms with van der Waals surface area (Å²) in [4.78, 5) is 26.0. The lowest BCUT2D eigenvalue weighted by molar-refractivity contribution is -0.119. The topological polar surface area (TPSA) is 67.9 Å². The Hall–Kier alpha value is -3.02. The third-order valence-electron chi connectivity index (χ3n) is 3.86. The molecule has 1 amide bonds. The van der Waals surface area contributed by atoms with Gasteiger partial charge in [-0.3, -0.25) is 4.79 Å². The first-order valence-electron chi connectivity index (χ1n) is 8.97. The van der Waals surface area contributed by atoms with Gasteiger partial charge in [-0.15, -0.1) is 0 Å². The fourth-order valence-corrected chi connectivity index (χ4v) is 2.28. The van der Waals surface area contributed by atoms with Crippen LogP contribution in [-0.4, -0.2) is 39.2 Å². The molecule has 0 aromatic heterocycles. The number of esters is 1. The van der Waals surface area contributed by atoms with E-state index in [4.69, 9.17) is 9.47 Å². The monoisotopic (exact) mass is 370 g/mol. The summed E-state index contributed by atoms with van der Waals surface area (Å²) in [5, 5.41) is 2.70. The molecule has 27 heavy (non-hydrogen) atoms. The zero-order valence-corrected chi connectivity index (χ0v) is 16.0. The number of nitrogens with zero attached hydrogens (tertiary/aromatic N) is 1. The number of rotatable bonds is 9. The van der Waals surface area contributed by atoms with Gasteiger partial charge in [0.05, 0.1) is 12.2 Å². The Morgan fingerprint density at radius 2 is 1.67 bits per heavy atom. The van der Waals surface area contributed by atoms with Gasteiger partial charge in [0.2, 0.25) is 0 Å². The molecule has 1 N–H and O–H groups in total. The highest BCUT2D eigenvalue weighted by atomic mass is 16.5. The first-order valence-corrected chi connectivity index (χ1v) is 8.97. The van der Waals surface area contributed by atoms with Crippen molar-refractivity contribution in [3.63, 3.8) is 0 Å². The van der Waals surface area contributed by atoms with Crippen LogP contribution in [0.3, 0.4) is 0 Å². The van der Waals surface area contributed by atoms with Crippen molar-refractivity contribution in [2.45, 2.75) is 19.8 Å². The van der Waals surface area contributed by atoms with E-state index in [1.807, 2.05) is 31.1 Å². The van der Waals surface area contributed by atoms with Crippen molar-refractivity contribution in [2.75, 3.05) is 37.5 Å². The standard InChI is InChI=1S/C21H26N2O4/c1-4-5-14-26-19-12-6-16(7-13-19)21(25)27-15-20(24)22-17-8-10-18(11-9-17)23(2)3/h6-13H,4-5,14-15H2,1-3H3,(H,22,24). The van der Waals surface area contributed by atoms with Crippen LogP contribution >= 0.6 is 0 Å². The number of amides is 1. The quantitative estimate of drug-likeness (QED) is 0.538. The minimum Gasteiger partial charge on any atom is -0.494 e. The summed E-state index contributed by atoms with van der Waals surface area (Å²) in [6.07, 6.45) is 2.04. The molecule has 6 nitrogen and oxygen atoms in total. The van der Waals surface area contributed by atoms with Gasteiger partial charge in [-0.1, -0.05) is 13.3 Å². The molecule has 0 radical (unpaired) electrons. The Morgan fingerprint density at radius 1 is 1.00 bits per heavy atom. The van der Waals surface area contributed by atoms with E-state index in [2.05, 4.69) is 12.2 Å². The average Bonchev–Trinajstić information content (AvgIpc) is 2.67. The van der Waals surface area contributed by atoms with Gasteiger partial charge in [-0.2, -0.15) is 0 Å². The van der Waals surface area contributed by atoms with Crippen LogP contribution in [0.4, 0.5) is 11.4 Å². The van der Waals surface area contributed by atoms with Crippen LogP contribution in [0.5, 0.6) is 5.75 Å². The fourth-order valence-electron chi connectivity index (χ4n) is 2.28. The number of benzene rings is 2. The van der Waals surface area contributed by atoms with Gasteiger partial charge in [-0.05, 0) is 55.0 Å². The number of anilines is 2. The molecule has 2 rings (SSSR count). The molecule has 0 saturated carbocycles. The van der Waals surface area contributed by atoms with Crippen molar-refractivity contribution in [1.82, 2.24) is 0 Å². The summed E-state index contributed by atoms with van der Waals surface area (Å²) < 4.78 is 10.6. The van der Waals surface area contributed by atoms with Crippen molar-refractivity contribution >= 4 is 23.3 Å². The summed E-state index contributed by atoms with van der Waals surface area (Å²) in [7, 11) is 3.88. The second-order valence-electron chi connectivity index (χ2n) is 6.29. The molecule has 0 aliphatic heterocycles. The van der Waals surface area contributed by atoms with Crippen LogP contribution in [0.1, 0.15) is 30.1 Å². The number of hydrogen-bond acceptors (Lipinski definition) is 5. The molecule has 0 saturated heterocycles. The molecule has 0 spiro atoms. The molecule has 144 valence electrons. The van der Waals surface area contributed by atoms with Crippen LogP contribution in [0.15, 0.2) is 48.5 Å². The zero-order chi connectivity index (χ0) is 19.6. The number of nitrogens with one attached hydrogen (secondary N) is 1. The van der Waals surface area contributed by atoms with Gasteiger partial charge in [0.25, 0.3) is 5.91 Å². The Kier molecular flexibility index (Phi) is 7.67. The third-order valence-corrected chi connectivity index (χ3v) is 3.86. The number of ether oxygens (including phenoxy) is 2. The molecule has 0 aliphatic rings. The summed E-state index contributed by atoms with van der Waals surface area (Å²) in [5.41, 5.74) is 2.05. The first-order chi connectivity index (χ1) is 13.0. The van der Waals surface area contributed by atoms with E-state index in [-0.39, 0.29) is 12.5 Å². The van der Waals surface area contributed by atoms with E-state index < -0.39 is 5.97 Å². The zero-order valence-electron chi connectivity index (χ0n) is 16.0. The normalized spacial score (nSPS) is 10.2. The summed E-state index contributed by atoms with van der Waals surface area (Å²) >= 11 is 0. The predicted octanol–water partition coefficient (Wildman–Crippen LogP) is 3.73. The van der Waals surface area contributed by atoms with Crippen LogP contribution in [0, 0.1) is 0 Å². The highest BCUT2D eigenvalue weighted by Gasteiger charge is 2.11. The van der Waals surface area contributed by atoms with Crippen molar-refractivity contribution < 1.29 is 19.1 Å². The highest BCUT2D eigenvalue weighted by molar-refractivity contribution is 5.95. The lowest BCUT2D eigenvalue weighted by Crippen LogP contribution is -2.21. The van der Waals surface area contributed by atoms with E-state index in [1.54, 1.807) is 36.4 Å². The van der Waals surface area contributed by atoms with Gasteiger partial charge in [0.15, 0.2) is 6.61 Å². The summed E-state index contributed by atoms with van der Waals surface area (Å²) in [6, 6.07) is 14.1. The van der Waals surface area contributed by atoms with E-state index in [0.29, 0.717) is 23.6 Å². The van der Waals surface area contributed by atoms with Crippen LogP contribution in [0.2, 0.25) is 0 Å². The van der Waals surface area contributed by atoms with Crippen LogP contribution in [0.25, 0.3) is 0 Å². The molecule has 0 fully saturated rings. The van der Waals surface area contributed by atoms with Gasteiger partial charge in [-0.25, -0.2) is 4.79 Å². The molecule has 0 atom stereocenters. The van der Waals surface area contributed by atoms with Gasteiger partial charge in [0.1, 0.15) is 5.75 Å². The molecular formula is C21H26N2O4. The third kappa shape index (κ3) is 6.66. The maximum absolute atomic E-state index is 12.0. The summed E-state index contributed by atoms with van der Waals surface area (Å²) in [6.45, 7) is 2.40. The van der Waals surface area contributed by atoms with E-state index >= 15 is 0 Å². The Morgan fingerprint density at radius 3 is 2.26 bits per heavy atom. The Labute approximate surface area is 160 Å². The van der Waals surface area contributed by atoms with Crippen molar-refractivity contribution in [3.8, 4) is 5.75 Å². The minimum absolute atomic E-state index is 0.344. The van der Waals surface area contributed by atoms with Crippen LogP contribution in [-0.2, 0) is 9.53 Å². The lowest BCUT2D eigenvalue weighted by Gasteiger charge is -2.13. The highest BCUT2D eigenvalue weighted by Crippen LogP contribution is 2.16. The molecule has 0 unspecified atom stereocenters. The smallest absolute Gasteiger partial charge is 0.338 e. The average molecular weight is 370 g/mol. The van der Waals surface area contributed by atoms with Gasteiger partial charge in [0, 0.05) is 25.5 Å². The molecule has 0 heterocycles. The molecular weight excluding hydrogens is 344 g/mol. The van der Waals surface area contributed by atoms with E-state index in [1.165, 1.54) is 0 Å². The number of carbonyl (C=O) groups excluding carboxylic acids is 2. The molecule has 6 heteroatoms. The summed E-state index contributed by atoms with van der Waals surface area (Å²) in [5.74, 6) is -0.229. The van der Waals surface area contributed by atoms with Crippen molar-refractivity contribution in [1.29, 1.82) is 0 Å². The molecule has 2 aromatic carbocycles. The molecule has 2 aromatic rings. The largest absolute Gasteiger partial charge is 0.494 e. The van der Waals surface area contributed by atoms with Crippen molar-refractivity contribution in [3.05, 3.63) is 54.1 Å². The molecule has 0 bridgehead atoms. The van der Waals surface area contributed by atoms with Crippen molar-refractivity contribution in [2.24, 2.45) is 0 Å². The lowest BCUT2D eigenvalue weighted by atomic mass is 10.2. The number of unbranched alkanes of at least 4 members (excludes halogenated alkanes) is 1. The molecule has 0 aliphatic carbocycles. The second-order valence-corrected chi connectivity index (χ2v) is 6.29. The SMILES string of the molecule is CCCCOc1ccc(C(=O)OCC(=O)Nc2ccc(N(C)C)cc2)cc1. The number of carbonyl (C=O) groups is 2. The minimum atomic E-state index is -0.548.